The van der Waals surface area contributed by atoms with Gasteiger partial charge >= 0.3 is 11.9 Å². The normalized spacial score (nSPS) is 10.7. The number of carbonyl (C=O) groups is 2. The predicted octanol–water partition coefficient (Wildman–Crippen LogP) is 3.90. The Hall–Kier alpha value is -2.70. The zero-order valence-electron chi connectivity index (χ0n) is 17.5. The van der Waals surface area contributed by atoms with Gasteiger partial charge in [-0.15, -0.1) is 0 Å². The lowest BCUT2D eigenvalue weighted by atomic mass is 9.67. The van der Waals surface area contributed by atoms with E-state index in [0.717, 1.165) is 11.1 Å². The molecule has 0 unspecified atom stereocenters. The monoisotopic (exact) mass is 404 g/mol. The van der Waals surface area contributed by atoms with E-state index in [1.54, 1.807) is 13.8 Å². The van der Waals surface area contributed by atoms with Crippen molar-refractivity contribution in [1.82, 2.24) is 0 Å². The maximum atomic E-state index is 11.3. The fourth-order valence-corrected chi connectivity index (χ4v) is 2.42. The van der Waals surface area contributed by atoms with Crippen LogP contribution in [0.15, 0.2) is 60.7 Å². The molecule has 2 rings (SSSR count). The zero-order valence-corrected chi connectivity index (χ0v) is 17.5. The van der Waals surface area contributed by atoms with Gasteiger partial charge in [-0.2, -0.15) is 0 Å². The molecule has 0 radical (unpaired) electrons. The molecule has 0 amide bonds. The second kappa shape index (κ2) is 12.7. The van der Waals surface area contributed by atoms with Gasteiger partial charge in [0.15, 0.2) is 0 Å². The molecule has 29 heavy (non-hydrogen) atoms. The van der Waals surface area contributed by atoms with Crippen LogP contribution in [-0.2, 0) is 15.2 Å². The van der Waals surface area contributed by atoms with Crippen molar-refractivity contribution in [2.45, 2.75) is 46.1 Å². The van der Waals surface area contributed by atoms with Gasteiger partial charge in [-0.05, 0) is 11.1 Å². The maximum absolute atomic E-state index is 11.3. The van der Waals surface area contributed by atoms with E-state index in [-0.39, 0.29) is 19.4 Å². The largest absolute Gasteiger partial charge is 0.481 e. The van der Waals surface area contributed by atoms with Crippen LogP contribution in [-0.4, -0.2) is 39.0 Å². The third kappa shape index (κ3) is 8.05. The summed E-state index contributed by atoms with van der Waals surface area (Å²) < 4.78 is 0. The molecule has 6 heteroatoms. The lowest BCUT2D eigenvalue weighted by Crippen LogP contribution is -2.45. The fraction of sp³-hybridized carbons (Fsp3) is 0.391. The highest BCUT2D eigenvalue weighted by atomic mass is 16.4. The summed E-state index contributed by atoms with van der Waals surface area (Å²) in [4.78, 5) is 18.7. The summed E-state index contributed by atoms with van der Waals surface area (Å²) in [5.74, 6) is -1.49. The van der Waals surface area contributed by atoms with E-state index in [4.69, 9.17) is 10.2 Å². The van der Waals surface area contributed by atoms with Gasteiger partial charge in [0.25, 0.3) is 0 Å². The summed E-state index contributed by atoms with van der Waals surface area (Å²) in [6, 6.07) is 19.0. The molecule has 0 atom stereocenters. The molecule has 0 bridgehead atoms. The minimum Gasteiger partial charge on any atom is -0.481 e. The van der Waals surface area contributed by atoms with Crippen LogP contribution in [0.5, 0.6) is 0 Å². The van der Waals surface area contributed by atoms with Gasteiger partial charge < -0.3 is 20.4 Å². The van der Waals surface area contributed by atoms with Gasteiger partial charge in [0, 0.05) is 18.3 Å². The number of hydrogen-bond donors (Lipinski definition) is 4. The summed E-state index contributed by atoms with van der Waals surface area (Å²) >= 11 is 0. The van der Waals surface area contributed by atoms with Crippen molar-refractivity contribution >= 4 is 11.9 Å². The first-order valence-corrected chi connectivity index (χ1v) is 9.44. The van der Waals surface area contributed by atoms with Crippen LogP contribution in [0.2, 0.25) is 0 Å². The molecule has 0 aliphatic heterocycles. The number of carboxylic acids is 2. The average molecular weight is 405 g/mol. The van der Waals surface area contributed by atoms with E-state index in [0.29, 0.717) is 0 Å². The smallest absolute Gasteiger partial charge is 0.303 e. The summed E-state index contributed by atoms with van der Waals surface area (Å²) in [5.41, 5.74) is -0.319. The molecule has 0 aliphatic carbocycles. The van der Waals surface area contributed by atoms with Gasteiger partial charge in [-0.1, -0.05) is 88.4 Å². The molecule has 2 aromatic rings. The number of aliphatic carboxylic acids is 2. The standard InChI is InChI=1S/C17H20O2.2C3H6O2/c1-16(2,13-18)17(19,14-9-5-3-6-10-14)15-11-7-4-8-12-15;2*1-2-3(4)5/h3-12,18-19H,13H2,1-2H3;2*2H2,1H3,(H,4,5). The van der Waals surface area contributed by atoms with E-state index in [1.165, 1.54) is 0 Å². The molecule has 0 spiro atoms. The minimum absolute atomic E-state index is 0.104. The van der Waals surface area contributed by atoms with Crippen molar-refractivity contribution < 1.29 is 30.0 Å². The molecule has 6 nitrogen and oxygen atoms in total. The summed E-state index contributed by atoms with van der Waals surface area (Å²) in [6.07, 6.45) is 0.444. The van der Waals surface area contributed by atoms with Gasteiger partial charge in [-0.25, -0.2) is 0 Å². The molecular formula is C23H32O6. The zero-order chi connectivity index (χ0) is 22.5. The second-order valence-electron chi connectivity index (χ2n) is 6.98. The third-order valence-electron chi connectivity index (χ3n) is 4.36. The summed E-state index contributed by atoms with van der Waals surface area (Å²) in [7, 11) is 0. The Kier molecular flexibility index (Phi) is 11.5. The highest BCUT2D eigenvalue weighted by molar-refractivity contribution is 5.66. The number of aliphatic hydroxyl groups excluding tert-OH is 1. The van der Waals surface area contributed by atoms with Crippen LogP contribution in [0, 0.1) is 5.41 Å². The maximum Gasteiger partial charge on any atom is 0.303 e. The van der Waals surface area contributed by atoms with Crippen molar-refractivity contribution in [3.63, 3.8) is 0 Å². The molecule has 0 heterocycles. The van der Waals surface area contributed by atoms with Crippen molar-refractivity contribution in [2.75, 3.05) is 6.61 Å². The predicted molar refractivity (Wildman–Crippen MR) is 113 cm³/mol. The van der Waals surface area contributed by atoms with Crippen molar-refractivity contribution in [3.05, 3.63) is 71.8 Å². The minimum atomic E-state index is -1.22. The fourth-order valence-electron chi connectivity index (χ4n) is 2.42. The lowest BCUT2D eigenvalue weighted by Gasteiger charge is -2.42. The topological polar surface area (TPSA) is 115 Å². The highest BCUT2D eigenvalue weighted by Gasteiger charge is 2.45. The first kappa shape index (κ1) is 26.3. The molecule has 0 fully saturated rings. The van der Waals surface area contributed by atoms with Crippen molar-refractivity contribution in [2.24, 2.45) is 5.41 Å². The Morgan fingerprint density at radius 2 is 1.03 bits per heavy atom. The van der Waals surface area contributed by atoms with Gasteiger partial charge in [-0.3, -0.25) is 9.59 Å². The van der Waals surface area contributed by atoms with Crippen LogP contribution in [0.1, 0.15) is 51.7 Å². The van der Waals surface area contributed by atoms with Crippen LogP contribution in [0.3, 0.4) is 0 Å². The Morgan fingerprint density at radius 1 is 0.759 bits per heavy atom. The van der Waals surface area contributed by atoms with Gasteiger partial charge in [0.2, 0.25) is 0 Å². The Balaban J connectivity index is 0.000000653. The SMILES string of the molecule is CC(C)(CO)C(O)(c1ccccc1)c1ccccc1.CCC(=O)O.CCC(=O)O. The number of rotatable bonds is 6. The first-order valence-electron chi connectivity index (χ1n) is 9.44. The average Bonchev–Trinajstić information content (AvgIpc) is 2.75. The molecule has 0 aliphatic rings. The number of benzene rings is 2. The van der Waals surface area contributed by atoms with Crippen molar-refractivity contribution in [3.8, 4) is 0 Å². The first-order chi connectivity index (χ1) is 13.6. The van der Waals surface area contributed by atoms with Crippen LogP contribution in [0.25, 0.3) is 0 Å². The molecule has 2 aromatic carbocycles. The summed E-state index contributed by atoms with van der Waals surface area (Å²) in [5, 5.41) is 36.5. The Morgan fingerprint density at radius 3 is 1.24 bits per heavy atom. The number of hydrogen-bond acceptors (Lipinski definition) is 4. The van der Waals surface area contributed by atoms with Crippen molar-refractivity contribution in [1.29, 1.82) is 0 Å². The van der Waals surface area contributed by atoms with E-state index in [2.05, 4.69) is 0 Å². The van der Waals surface area contributed by atoms with Crippen LogP contribution < -0.4 is 0 Å². The van der Waals surface area contributed by atoms with Crippen LogP contribution in [0.4, 0.5) is 0 Å². The second-order valence-corrected chi connectivity index (χ2v) is 6.98. The Bertz CT molecular complexity index is 672. The van der Waals surface area contributed by atoms with Gasteiger partial charge in [0.05, 0.1) is 6.61 Å². The number of aliphatic hydroxyl groups is 2. The van der Waals surface area contributed by atoms with E-state index in [9.17, 15) is 19.8 Å². The Labute approximate surface area is 172 Å². The quantitative estimate of drug-likeness (QED) is 0.580. The molecular weight excluding hydrogens is 372 g/mol. The molecule has 0 saturated heterocycles. The van der Waals surface area contributed by atoms with E-state index < -0.39 is 23.0 Å². The molecule has 0 saturated carbocycles. The lowest BCUT2D eigenvalue weighted by molar-refractivity contribution is -0.137. The van der Waals surface area contributed by atoms with E-state index in [1.807, 2.05) is 74.5 Å². The van der Waals surface area contributed by atoms with Crippen LogP contribution >= 0.6 is 0 Å². The third-order valence-corrected chi connectivity index (χ3v) is 4.36. The summed E-state index contributed by atoms with van der Waals surface area (Å²) in [6.45, 7) is 6.83. The molecule has 0 aromatic heterocycles. The molecule has 160 valence electrons. The van der Waals surface area contributed by atoms with E-state index >= 15 is 0 Å². The molecule has 4 N–H and O–H groups in total. The number of carboxylic acid groups (broad SMARTS) is 2. The van der Waals surface area contributed by atoms with Gasteiger partial charge in [0.1, 0.15) is 5.60 Å². The highest BCUT2D eigenvalue weighted by Crippen LogP contribution is 2.44.